The summed E-state index contributed by atoms with van der Waals surface area (Å²) in [5, 5.41) is 3.61. The summed E-state index contributed by atoms with van der Waals surface area (Å²) in [6.45, 7) is 9.51. The summed E-state index contributed by atoms with van der Waals surface area (Å²) < 4.78 is 0. The van der Waals surface area contributed by atoms with E-state index in [0.717, 1.165) is 17.8 Å². The summed E-state index contributed by atoms with van der Waals surface area (Å²) in [6.07, 6.45) is 8.50. The van der Waals surface area contributed by atoms with Gasteiger partial charge < -0.3 is 5.32 Å². The van der Waals surface area contributed by atoms with Crippen molar-refractivity contribution in [3.8, 4) is 0 Å². The van der Waals surface area contributed by atoms with Gasteiger partial charge in [0, 0.05) is 0 Å². The van der Waals surface area contributed by atoms with E-state index in [1.807, 2.05) is 0 Å². The first-order valence-corrected chi connectivity index (χ1v) is 7.00. The van der Waals surface area contributed by atoms with Crippen molar-refractivity contribution >= 4 is 0 Å². The molecule has 1 aliphatic rings. The van der Waals surface area contributed by atoms with E-state index in [2.05, 4.69) is 26.1 Å². The van der Waals surface area contributed by atoms with E-state index in [4.69, 9.17) is 0 Å². The Morgan fingerprint density at radius 3 is 2.60 bits per heavy atom. The quantitative estimate of drug-likeness (QED) is 0.658. The van der Waals surface area contributed by atoms with Crippen LogP contribution in [0.3, 0.4) is 0 Å². The Kier molecular flexibility index (Phi) is 6.31. The lowest BCUT2D eigenvalue weighted by Gasteiger charge is -2.35. The molecule has 1 N–H and O–H groups in total. The van der Waals surface area contributed by atoms with Crippen LogP contribution in [0.25, 0.3) is 0 Å². The zero-order valence-electron chi connectivity index (χ0n) is 10.9. The second kappa shape index (κ2) is 7.27. The number of rotatable bonds is 6. The van der Waals surface area contributed by atoms with Gasteiger partial charge in [-0.2, -0.15) is 0 Å². The molecule has 0 aliphatic heterocycles. The summed E-state index contributed by atoms with van der Waals surface area (Å²) in [6, 6.07) is 0. The lowest BCUT2D eigenvalue weighted by atomic mass is 9.72. The van der Waals surface area contributed by atoms with Gasteiger partial charge in [-0.05, 0) is 50.1 Å². The van der Waals surface area contributed by atoms with Crippen LogP contribution < -0.4 is 5.32 Å². The van der Waals surface area contributed by atoms with Crippen LogP contribution in [0.5, 0.6) is 0 Å². The third kappa shape index (κ3) is 4.14. The Hall–Kier alpha value is -0.0400. The van der Waals surface area contributed by atoms with Crippen molar-refractivity contribution in [2.45, 2.75) is 59.3 Å². The molecule has 1 saturated carbocycles. The van der Waals surface area contributed by atoms with Crippen LogP contribution in [0.1, 0.15) is 59.3 Å². The minimum atomic E-state index is 0.929. The van der Waals surface area contributed by atoms with Gasteiger partial charge in [-0.15, -0.1) is 0 Å². The number of hydrogen-bond donors (Lipinski definition) is 1. The van der Waals surface area contributed by atoms with Crippen molar-refractivity contribution in [3.63, 3.8) is 0 Å². The topological polar surface area (TPSA) is 12.0 Å². The molecule has 3 atom stereocenters. The van der Waals surface area contributed by atoms with Crippen molar-refractivity contribution in [1.82, 2.24) is 5.32 Å². The van der Waals surface area contributed by atoms with E-state index in [1.54, 1.807) is 0 Å². The van der Waals surface area contributed by atoms with Crippen LogP contribution in [-0.2, 0) is 0 Å². The standard InChI is InChI=1S/C14H29N/c1-4-10-15-11-13-8-6-7-9-14(13)12(3)5-2/h12-15H,4-11H2,1-3H3. The SMILES string of the molecule is CCCNCC1CCCCC1C(C)CC. The highest BCUT2D eigenvalue weighted by Crippen LogP contribution is 2.35. The molecule has 0 aromatic carbocycles. The molecule has 0 aromatic rings. The highest BCUT2D eigenvalue weighted by Gasteiger charge is 2.27. The highest BCUT2D eigenvalue weighted by molar-refractivity contribution is 4.80. The fourth-order valence-corrected chi connectivity index (χ4v) is 3.01. The van der Waals surface area contributed by atoms with Gasteiger partial charge in [0.15, 0.2) is 0 Å². The van der Waals surface area contributed by atoms with E-state index in [9.17, 15) is 0 Å². The van der Waals surface area contributed by atoms with E-state index in [-0.39, 0.29) is 0 Å². The molecular formula is C14H29N. The summed E-state index contributed by atoms with van der Waals surface area (Å²) in [4.78, 5) is 0. The highest BCUT2D eigenvalue weighted by atomic mass is 14.9. The molecule has 1 nitrogen and oxygen atoms in total. The van der Waals surface area contributed by atoms with Crippen molar-refractivity contribution in [2.75, 3.05) is 13.1 Å². The van der Waals surface area contributed by atoms with Gasteiger partial charge in [0.25, 0.3) is 0 Å². The van der Waals surface area contributed by atoms with E-state index < -0.39 is 0 Å². The van der Waals surface area contributed by atoms with Gasteiger partial charge in [0.1, 0.15) is 0 Å². The summed E-state index contributed by atoms with van der Waals surface area (Å²) in [5.41, 5.74) is 0. The minimum absolute atomic E-state index is 0.929. The molecular weight excluding hydrogens is 182 g/mol. The van der Waals surface area contributed by atoms with Crippen LogP contribution in [0.4, 0.5) is 0 Å². The van der Waals surface area contributed by atoms with Crippen LogP contribution in [0.15, 0.2) is 0 Å². The fourth-order valence-electron chi connectivity index (χ4n) is 3.01. The van der Waals surface area contributed by atoms with Gasteiger partial charge in [0.05, 0.1) is 0 Å². The lowest BCUT2D eigenvalue weighted by Crippen LogP contribution is -2.33. The van der Waals surface area contributed by atoms with E-state index in [0.29, 0.717) is 0 Å². The Balaban J connectivity index is 2.35. The Morgan fingerprint density at radius 2 is 1.93 bits per heavy atom. The van der Waals surface area contributed by atoms with Gasteiger partial charge >= 0.3 is 0 Å². The van der Waals surface area contributed by atoms with Crippen molar-refractivity contribution in [1.29, 1.82) is 0 Å². The predicted molar refractivity (Wildman–Crippen MR) is 68.1 cm³/mol. The second-order valence-electron chi connectivity index (χ2n) is 5.30. The van der Waals surface area contributed by atoms with Crippen LogP contribution in [-0.4, -0.2) is 13.1 Å². The first-order valence-electron chi connectivity index (χ1n) is 7.00. The van der Waals surface area contributed by atoms with Crippen LogP contribution >= 0.6 is 0 Å². The zero-order chi connectivity index (χ0) is 11.1. The molecule has 1 rings (SSSR count). The average molecular weight is 211 g/mol. The largest absolute Gasteiger partial charge is 0.316 e. The van der Waals surface area contributed by atoms with E-state index in [1.165, 1.54) is 51.6 Å². The fraction of sp³-hybridized carbons (Fsp3) is 1.00. The molecule has 0 aromatic heterocycles. The Bertz CT molecular complexity index is 155. The molecule has 3 unspecified atom stereocenters. The normalized spacial score (nSPS) is 29.0. The molecule has 0 saturated heterocycles. The Labute approximate surface area is 96.0 Å². The monoisotopic (exact) mass is 211 g/mol. The number of nitrogens with one attached hydrogen (secondary N) is 1. The number of hydrogen-bond acceptors (Lipinski definition) is 1. The van der Waals surface area contributed by atoms with Gasteiger partial charge in [-0.1, -0.05) is 40.0 Å². The predicted octanol–water partition coefficient (Wildman–Crippen LogP) is 3.84. The molecule has 0 spiro atoms. The van der Waals surface area contributed by atoms with Crippen LogP contribution in [0.2, 0.25) is 0 Å². The molecule has 0 radical (unpaired) electrons. The molecule has 1 fully saturated rings. The third-order valence-electron chi connectivity index (χ3n) is 4.18. The molecule has 0 heterocycles. The first-order chi connectivity index (χ1) is 7.29. The Morgan fingerprint density at radius 1 is 1.20 bits per heavy atom. The second-order valence-corrected chi connectivity index (χ2v) is 5.30. The van der Waals surface area contributed by atoms with Crippen molar-refractivity contribution in [3.05, 3.63) is 0 Å². The summed E-state index contributed by atoms with van der Waals surface area (Å²) in [7, 11) is 0. The van der Waals surface area contributed by atoms with Crippen molar-refractivity contribution in [2.24, 2.45) is 17.8 Å². The molecule has 90 valence electrons. The first kappa shape index (κ1) is 13.0. The third-order valence-corrected chi connectivity index (χ3v) is 4.18. The van der Waals surface area contributed by atoms with Crippen molar-refractivity contribution < 1.29 is 0 Å². The summed E-state index contributed by atoms with van der Waals surface area (Å²) >= 11 is 0. The maximum absolute atomic E-state index is 3.61. The maximum Gasteiger partial charge on any atom is -0.00178 e. The minimum Gasteiger partial charge on any atom is -0.316 e. The van der Waals surface area contributed by atoms with Gasteiger partial charge in [-0.25, -0.2) is 0 Å². The average Bonchev–Trinajstić information content (AvgIpc) is 2.29. The molecule has 1 aliphatic carbocycles. The molecule has 0 bridgehead atoms. The lowest BCUT2D eigenvalue weighted by molar-refractivity contribution is 0.164. The smallest absolute Gasteiger partial charge is 0.00178 e. The molecule has 0 amide bonds. The molecule has 15 heavy (non-hydrogen) atoms. The van der Waals surface area contributed by atoms with Gasteiger partial charge in [-0.3, -0.25) is 0 Å². The summed E-state index contributed by atoms with van der Waals surface area (Å²) in [5.74, 6) is 2.88. The van der Waals surface area contributed by atoms with Gasteiger partial charge in [0.2, 0.25) is 0 Å². The maximum atomic E-state index is 3.61. The van der Waals surface area contributed by atoms with Crippen LogP contribution in [0, 0.1) is 17.8 Å². The zero-order valence-corrected chi connectivity index (χ0v) is 10.9. The van der Waals surface area contributed by atoms with E-state index >= 15 is 0 Å². The molecule has 1 heteroatoms.